The fourth-order valence-electron chi connectivity index (χ4n) is 5.25. The Morgan fingerprint density at radius 1 is 1.13 bits per heavy atom. The van der Waals surface area contributed by atoms with Gasteiger partial charge in [0.2, 0.25) is 11.8 Å². The van der Waals surface area contributed by atoms with Gasteiger partial charge in [0.25, 0.3) is 0 Å². The molecule has 11 heteroatoms. The van der Waals surface area contributed by atoms with Crippen LogP contribution in [0.1, 0.15) is 62.0 Å². The average Bonchev–Trinajstić information content (AvgIpc) is 3.33. The lowest BCUT2D eigenvalue weighted by Crippen LogP contribution is -2.38. The van der Waals surface area contributed by atoms with E-state index in [1.807, 2.05) is 0 Å². The van der Waals surface area contributed by atoms with Gasteiger partial charge < -0.3 is 10.2 Å². The number of carbonyl (C=O) groups is 2. The van der Waals surface area contributed by atoms with E-state index in [1.165, 1.54) is 37.5 Å². The zero-order valence-corrected chi connectivity index (χ0v) is 21.4. The van der Waals surface area contributed by atoms with Crippen molar-refractivity contribution >= 4 is 23.1 Å². The molecule has 2 atom stereocenters. The van der Waals surface area contributed by atoms with Crippen molar-refractivity contribution in [3.05, 3.63) is 71.2 Å². The summed E-state index contributed by atoms with van der Waals surface area (Å²) in [6, 6.07) is 5.16. The third-order valence-electron chi connectivity index (χ3n) is 7.38. The van der Waals surface area contributed by atoms with Crippen LogP contribution in [0.5, 0.6) is 0 Å². The van der Waals surface area contributed by atoms with E-state index >= 15 is 0 Å². The topological polar surface area (TPSA) is 80.1 Å². The number of carbonyl (C=O) groups excluding carboxylic acids is 2. The number of nitrogens with zero attached hydrogens (tertiary/aromatic N) is 4. The standard InChI is InChI=1S/C28H27F4N5O2/c1-15-6-7-19(29)24(25(15)30)17-9-11-36(23(38)13-17)22-5-3-4-16(2)27(39)35-21-14-34-37(28(31)32)26(21)18-8-10-33-20(22)12-18/h6-8,10,12-14,16,22,28H,3-5,9,11H2,1-2H3,(H,35,39)/t16-,22+/m1/s1. The van der Waals surface area contributed by atoms with Crippen LogP contribution in [0.3, 0.4) is 0 Å². The number of pyridine rings is 1. The molecule has 1 N–H and O–H groups in total. The van der Waals surface area contributed by atoms with E-state index < -0.39 is 36.1 Å². The third kappa shape index (κ3) is 5.05. The molecule has 0 fully saturated rings. The van der Waals surface area contributed by atoms with Crippen LogP contribution in [-0.4, -0.2) is 38.0 Å². The zero-order valence-electron chi connectivity index (χ0n) is 21.4. The highest BCUT2D eigenvalue weighted by molar-refractivity contribution is 5.98. The van der Waals surface area contributed by atoms with E-state index in [-0.39, 0.29) is 47.0 Å². The normalized spacial score (nSPS) is 20.2. The van der Waals surface area contributed by atoms with Crippen molar-refractivity contribution in [1.29, 1.82) is 0 Å². The van der Waals surface area contributed by atoms with Gasteiger partial charge in [0.1, 0.15) is 11.6 Å². The van der Waals surface area contributed by atoms with Crippen LogP contribution >= 0.6 is 0 Å². The molecule has 0 saturated heterocycles. The summed E-state index contributed by atoms with van der Waals surface area (Å²) in [5, 5.41) is 6.50. The summed E-state index contributed by atoms with van der Waals surface area (Å²) in [4.78, 5) is 32.2. The predicted octanol–water partition coefficient (Wildman–Crippen LogP) is 6.04. The van der Waals surface area contributed by atoms with E-state index in [9.17, 15) is 27.2 Å². The lowest BCUT2D eigenvalue weighted by molar-refractivity contribution is -0.129. The molecule has 2 aromatic heterocycles. The van der Waals surface area contributed by atoms with Crippen LogP contribution in [0.25, 0.3) is 16.8 Å². The average molecular weight is 542 g/mol. The molecule has 39 heavy (non-hydrogen) atoms. The molecule has 5 rings (SSSR count). The Morgan fingerprint density at radius 2 is 1.92 bits per heavy atom. The monoisotopic (exact) mass is 541 g/mol. The fraction of sp³-hybridized carbons (Fsp3) is 0.357. The number of nitrogens with one attached hydrogen (secondary N) is 1. The number of anilines is 1. The molecule has 2 aliphatic rings. The molecule has 0 unspecified atom stereocenters. The Balaban J connectivity index is 1.55. The summed E-state index contributed by atoms with van der Waals surface area (Å²) in [6.07, 6.45) is 5.66. The maximum Gasteiger partial charge on any atom is 0.333 e. The molecule has 4 heterocycles. The smallest absolute Gasteiger partial charge is 0.330 e. The number of amides is 2. The van der Waals surface area contributed by atoms with Crippen LogP contribution in [-0.2, 0) is 9.59 Å². The van der Waals surface area contributed by atoms with Crippen molar-refractivity contribution < 1.29 is 27.2 Å². The summed E-state index contributed by atoms with van der Waals surface area (Å²) in [6.45, 7) is 0.519. The van der Waals surface area contributed by atoms with Gasteiger partial charge in [-0.2, -0.15) is 13.9 Å². The highest BCUT2D eigenvalue weighted by atomic mass is 19.3. The molecular weight excluding hydrogens is 514 g/mol. The maximum atomic E-state index is 14.8. The number of halogens is 4. The van der Waals surface area contributed by atoms with Gasteiger partial charge in [-0.1, -0.05) is 19.4 Å². The first kappa shape index (κ1) is 26.6. The largest absolute Gasteiger partial charge is 0.333 e. The minimum absolute atomic E-state index is 0.0334. The van der Waals surface area contributed by atoms with Crippen molar-refractivity contribution in [2.24, 2.45) is 5.92 Å². The molecule has 3 aromatic rings. The van der Waals surface area contributed by atoms with Gasteiger partial charge in [-0.15, -0.1) is 0 Å². The molecule has 0 radical (unpaired) electrons. The summed E-state index contributed by atoms with van der Waals surface area (Å²) < 4.78 is 57.5. The number of rotatable bonds is 3. The maximum absolute atomic E-state index is 14.8. The van der Waals surface area contributed by atoms with E-state index in [1.54, 1.807) is 24.0 Å². The summed E-state index contributed by atoms with van der Waals surface area (Å²) >= 11 is 0. The Kier molecular flexibility index (Phi) is 7.24. The van der Waals surface area contributed by atoms with Crippen molar-refractivity contribution in [2.75, 3.05) is 11.9 Å². The first-order valence-electron chi connectivity index (χ1n) is 12.7. The molecule has 7 nitrogen and oxygen atoms in total. The van der Waals surface area contributed by atoms with E-state index in [0.29, 0.717) is 35.2 Å². The number of aromatic nitrogens is 3. The number of fused-ring (bicyclic) bond motifs is 4. The Morgan fingerprint density at radius 3 is 2.67 bits per heavy atom. The molecule has 1 aromatic carbocycles. The number of hydrogen-bond acceptors (Lipinski definition) is 4. The van der Waals surface area contributed by atoms with Crippen LogP contribution < -0.4 is 5.32 Å². The minimum Gasteiger partial charge on any atom is -0.330 e. The number of hydrogen-bond donors (Lipinski definition) is 1. The quantitative estimate of drug-likeness (QED) is 0.410. The van der Waals surface area contributed by atoms with Crippen LogP contribution in [0.2, 0.25) is 0 Å². The first-order valence-corrected chi connectivity index (χ1v) is 12.7. The Labute approximate surface area is 222 Å². The fourth-order valence-corrected chi connectivity index (χ4v) is 5.25. The molecule has 2 aliphatic heterocycles. The molecule has 2 bridgehead atoms. The van der Waals surface area contributed by atoms with Crippen LogP contribution in [0.4, 0.5) is 23.2 Å². The highest BCUT2D eigenvalue weighted by Gasteiger charge is 2.32. The van der Waals surface area contributed by atoms with Crippen LogP contribution in [0, 0.1) is 24.5 Å². The summed E-state index contributed by atoms with van der Waals surface area (Å²) in [5.41, 5.74) is 1.39. The minimum atomic E-state index is -2.95. The Bertz CT molecular complexity index is 1470. The van der Waals surface area contributed by atoms with Gasteiger partial charge in [0.05, 0.1) is 29.3 Å². The second-order valence-electron chi connectivity index (χ2n) is 9.94. The summed E-state index contributed by atoms with van der Waals surface area (Å²) in [7, 11) is 0. The number of benzene rings is 1. The highest BCUT2D eigenvalue weighted by Crippen LogP contribution is 2.37. The van der Waals surface area contributed by atoms with E-state index in [4.69, 9.17) is 0 Å². The number of alkyl halides is 2. The number of aryl methyl sites for hydroxylation is 1. The lowest BCUT2D eigenvalue weighted by atomic mass is 9.92. The second kappa shape index (κ2) is 10.6. The van der Waals surface area contributed by atoms with Gasteiger partial charge in [-0.05, 0) is 55.5 Å². The SMILES string of the molecule is Cc1ccc(F)c(C2=CC(=O)N([C@H]3CCC[C@@H](C)C(=O)Nc4cnn(C(F)F)c4-c4ccnc3c4)CC2)c1F. The Hall–Kier alpha value is -4.02. The van der Waals surface area contributed by atoms with E-state index in [2.05, 4.69) is 15.4 Å². The first-order chi connectivity index (χ1) is 18.7. The molecule has 204 valence electrons. The predicted molar refractivity (Wildman–Crippen MR) is 136 cm³/mol. The van der Waals surface area contributed by atoms with Gasteiger partial charge in [-0.3, -0.25) is 14.6 Å². The molecule has 0 aliphatic carbocycles. The van der Waals surface area contributed by atoms with Crippen molar-refractivity contribution in [1.82, 2.24) is 19.7 Å². The lowest BCUT2D eigenvalue weighted by Gasteiger charge is -2.34. The van der Waals surface area contributed by atoms with Gasteiger partial charge in [0.15, 0.2) is 0 Å². The molecular formula is C28H27F4N5O2. The molecule has 2 amide bonds. The third-order valence-corrected chi connectivity index (χ3v) is 7.38. The van der Waals surface area contributed by atoms with E-state index in [0.717, 1.165) is 0 Å². The van der Waals surface area contributed by atoms with Crippen molar-refractivity contribution in [3.63, 3.8) is 0 Å². The van der Waals surface area contributed by atoms with Crippen molar-refractivity contribution in [3.8, 4) is 11.3 Å². The van der Waals surface area contributed by atoms with Crippen molar-refractivity contribution in [2.45, 2.75) is 52.1 Å². The molecule has 0 spiro atoms. The second-order valence-corrected chi connectivity index (χ2v) is 9.94. The van der Waals surface area contributed by atoms with Gasteiger partial charge in [-0.25, -0.2) is 13.5 Å². The molecule has 0 saturated carbocycles. The summed E-state index contributed by atoms with van der Waals surface area (Å²) in [5.74, 6) is -2.59. The van der Waals surface area contributed by atoms with Gasteiger partial charge in [0, 0.05) is 35.9 Å². The van der Waals surface area contributed by atoms with Gasteiger partial charge >= 0.3 is 6.55 Å². The van der Waals surface area contributed by atoms with Crippen LogP contribution in [0.15, 0.2) is 42.7 Å². The zero-order chi connectivity index (χ0) is 27.8.